The normalized spacial score (nSPS) is 12.1. The molecule has 23 heavy (non-hydrogen) atoms. The van der Waals surface area contributed by atoms with Crippen molar-refractivity contribution in [1.29, 1.82) is 0 Å². The highest BCUT2D eigenvalue weighted by Crippen LogP contribution is 2.23. The van der Waals surface area contributed by atoms with Gasteiger partial charge in [0.25, 0.3) is 5.91 Å². The standard InChI is InChI=1S/C17H16FN3OS/c1-11-7-10-23-15(11)17(22)20-14(16-19-8-9-21(16)2)12-3-5-13(18)6-4-12/h3-10,14H,1-2H3,(H,20,22)/t14-/m0/s1. The largest absolute Gasteiger partial charge is 0.337 e. The van der Waals surface area contributed by atoms with Crippen molar-refractivity contribution in [3.8, 4) is 0 Å². The van der Waals surface area contributed by atoms with E-state index in [1.54, 1.807) is 18.3 Å². The number of aryl methyl sites for hydroxylation is 2. The minimum absolute atomic E-state index is 0.158. The Kier molecular flexibility index (Phi) is 4.25. The second kappa shape index (κ2) is 6.34. The first-order valence-electron chi connectivity index (χ1n) is 7.14. The number of carbonyl (C=O) groups is 1. The molecule has 0 aliphatic heterocycles. The number of benzene rings is 1. The molecule has 118 valence electrons. The number of nitrogens with zero attached hydrogens (tertiary/aromatic N) is 2. The molecule has 2 heterocycles. The smallest absolute Gasteiger partial charge is 0.262 e. The van der Waals surface area contributed by atoms with Gasteiger partial charge in [-0.2, -0.15) is 0 Å². The molecule has 0 saturated carbocycles. The molecule has 0 spiro atoms. The highest BCUT2D eigenvalue weighted by molar-refractivity contribution is 7.12. The van der Waals surface area contributed by atoms with Crippen molar-refractivity contribution in [3.63, 3.8) is 0 Å². The topological polar surface area (TPSA) is 46.9 Å². The van der Waals surface area contributed by atoms with Gasteiger partial charge in [-0.3, -0.25) is 4.79 Å². The molecular formula is C17H16FN3OS. The van der Waals surface area contributed by atoms with E-state index in [4.69, 9.17) is 0 Å². The van der Waals surface area contributed by atoms with E-state index in [0.717, 1.165) is 11.1 Å². The Hall–Kier alpha value is -2.47. The monoisotopic (exact) mass is 329 g/mol. The summed E-state index contributed by atoms with van der Waals surface area (Å²) >= 11 is 1.40. The van der Waals surface area contributed by atoms with Crippen LogP contribution in [0.3, 0.4) is 0 Å². The average Bonchev–Trinajstić information content (AvgIpc) is 3.14. The van der Waals surface area contributed by atoms with Crippen LogP contribution >= 0.6 is 11.3 Å². The summed E-state index contributed by atoms with van der Waals surface area (Å²) in [6.07, 6.45) is 3.49. The van der Waals surface area contributed by atoms with Crippen molar-refractivity contribution in [1.82, 2.24) is 14.9 Å². The van der Waals surface area contributed by atoms with Crippen LogP contribution < -0.4 is 5.32 Å². The summed E-state index contributed by atoms with van der Waals surface area (Å²) in [4.78, 5) is 17.6. The highest BCUT2D eigenvalue weighted by atomic mass is 32.1. The van der Waals surface area contributed by atoms with E-state index in [-0.39, 0.29) is 11.7 Å². The van der Waals surface area contributed by atoms with Gasteiger partial charge in [0, 0.05) is 19.4 Å². The van der Waals surface area contributed by atoms with Gasteiger partial charge in [-0.15, -0.1) is 11.3 Å². The minimum Gasteiger partial charge on any atom is -0.337 e. The first-order chi connectivity index (χ1) is 11.1. The Morgan fingerprint density at radius 3 is 2.61 bits per heavy atom. The molecule has 3 aromatic rings. The fourth-order valence-corrected chi connectivity index (χ4v) is 3.24. The van der Waals surface area contributed by atoms with Gasteiger partial charge in [0.2, 0.25) is 0 Å². The molecule has 0 radical (unpaired) electrons. The van der Waals surface area contributed by atoms with E-state index in [9.17, 15) is 9.18 Å². The first-order valence-corrected chi connectivity index (χ1v) is 8.02. The fraction of sp³-hybridized carbons (Fsp3) is 0.176. The van der Waals surface area contributed by atoms with Crippen molar-refractivity contribution < 1.29 is 9.18 Å². The van der Waals surface area contributed by atoms with Crippen LogP contribution in [0.2, 0.25) is 0 Å². The Balaban J connectivity index is 1.96. The zero-order chi connectivity index (χ0) is 16.4. The molecular weight excluding hydrogens is 313 g/mol. The molecule has 0 saturated heterocycles. The van der Waals surface area contributed by atoms with E-state index >= 15 is 0 Å². The Morgan fingerprint density at radius 1 is 1.30 bits per heavy atom. The number of rotatable bonds is 4. The number of nitrogens with one attached hydrogen (secondary N) is 1. The fourth-order valence-electron chi connectivity index (χ4n) is 2.41. The zero-order valence-electron chi connectivity index (χ0n) is 12.8. The maximum Gasteiger partial charge on any atom is 0.262 e. The van der Waals surface area contributed by atoms with Crippen LogP contribution in [0, 0.1) is 12.7 Å². The van der Waals surface area contributed by atoms with Crippen LogP contribution in [-0.2, 0) is 7.05 Å². The van der Waals surface area contributed by atoms with E-state index in [1.807, 2.05) is 36.2 Å². The summed E-state index contributed by atoms with van der Waals surface area (Å²) < 4.78 is 15.0. The van der Waals surface area contributed by atoms with Crippen molar-refractivity contribution in [2.75, 3.05) is 0 Å². The number of hydrogen-bond donors (Lipinski definition) is 1. The van der Waals surface area contributed by atoms with Crippen LogP contribution in [0.4, 0.5) is 4.39 Å². The molecule has 1 amide bonds. The predicted octanol–water partition coefficient (Wildman–Crippen LogP) is 3.45. The molecule has 6 heteroatoms. The Labute approximate surface area is 137 Å². The second-order valence-electron chi connectivity index (χ2n) is 5.29. The van der Waals surface area contributed by atoms with Gasteiger partial charge < -0.3 is 9.88 Å². The lowest BCUT2D eigenvalue weighted by molar-refractivity contribution is 0.0944. The summed E-state index contributed by atoms with van der Waals surface area (Å²) in [7, 11) is 1.86. The molecule has 1 N–H and O–H groups in total. The lowest BCUT2D eigenvalue weighted by atomic mass is 10.1. The van der Waals surface area contributed by atoms with Crippen LogP contribution in [0.1, 0.15) is 32.7 Å². The van der Waals surface area contributed by atoms with E-state index < -0.39 is 6.04 Å². The third kappa shape index (κ3) is 3.17. The Bertz CT molecular complexity index is 822. The second-order valence-corrected chi connectivity index (χ2v) is 6.20. The van der Waals surface area contributed by atoms with E-state index in [2.05, 4.69) is 10.3 Å². The highest BCUT2D eigenvalue weighted by Gasteiger charge is 2.22. The average molecular weight is 329 g/mol. The molecule has 1 atom stereocenters. The van der Waals surface area contributed by atoms with Gasteiger partial charge in [0.1, 0.15) is 17.7 Å². The van der Waals surface area contributed by atoms with Crippen molar-refractivity contribution in [2.45, 2.75) is 13.0 Å². The molecule has 4 nitrogen and oxygen atoms in total. The van der Waals surface area contributed by atoms with Crippen molar-refractivity contribution in [2.24, 2.45) is 7.05 Å². The number of hydrogen-bond acceptors (Lipinski definition) is 3. The number of amides is 1. The third-order valence-corrected chi connectivity index (χ3v) is 4.68. The molecule has 1 aromatic carbocycles. The van der Waals surface area contributed by atoms with Gasteiger partial charge in [-0.1, -0.05) is 12.1 Å². The molecule has 0 aliphatic carbocycles. The van der Waals surface area contributed by atoms with Crippen molar-refractivity contribution in [3.05, 3.63) is 75.8 Å². The number of aromatic nitrogens is 2. The van der Waals surface area contributed by atoms with Crippen LogP contribution in [0.15, 0.2) is 48.1 Å². The quantitative estimate of drug-likeness (QED) is 0.797. The van der Waals surface area contributed by atoms with Gasteiger partial charge in [-0.05, 0) is 41.6 Å². The van der Waals surface area contributed by atoms with Crippen LogP contribution in [0.5, 0.6) is 0 Å². The first kappa shape index (κ1) is 15.4. The van der Waals surface area contributed by atoms with Crippen LogP contribution in [0.25, 0.3) is 0 Å². The minimum atomic E-state index is -0.440. The van der Waals surface area contributed by atoms with Gasteiger partial charge in [0.05, 0.1) is 4.88 Å². The molecule has 0 bridgehead atoms. The Morgan fingerprint density at radius 2 is 2.04 bits per heavy atom. The summed E-state index contributed by atoms with van der Waals surface area (Å²) in [6.45, 7) is 1.90. The summed E-state index contributed by atoms with van der Waals surface area (Å²) in [5.74, 6) is 0.224. The van der Waals surface area contributed by atoms with E-state index in [0.29, 0.717) is 10.7 Å². The van der Waals surface area contributed by atoms with Crippen LogP contribution in [-0.4, -0.2) is 15.5 Å². The predicted molar refractivity (Wildman–Crippen MR) is 88.0 cm³/mol. The number of carbonyl (C=O) groups excluding carboxylic acids is 1. The molecule has 0 aliphatic rings. The van der Waals surface area contributed by atoms with E-state index in [1.165, 1.54) is 23.5 Å². The number of thiophene rings is 1. The van der Waals surface area contributed by atoms with Gasteiger partial charge >= 0.3 is 0 Å². The van der Waals surface area contributed by atoms with Crippen molar-refractivity contribution >= 4 is 17.2 Å². The summed E-state index contributed by atoms with van der Waals surface area (Å²) in [5, 5.41) is 4.89. The lowest BCUT2D eigenvalue weighted by Crippen LogP contribution is -2.31. The van der Waals surface area contributed by atoms with Gasteiger partial charge in [0.15, 0.2) is 0 Å². The number of halogens is 1. The maximum atomic E-state index is 13.2. The molecule has 0 unspecified atom stereocenters. The molecule has 2 aromatic heterocycles. The third-order valence-electron chi connectivity index (χ3n) is 3.66. The lowest BCUT2D eigenvalue weighted by Gasteiger charge is -2.19. The molecule has 3 rings (SSSR count). The summed E-state index contributed by atoms with van der Waals surface area (Å²) in [6, 6.07) is 7.56. The number of imidazole rings is 1. The van der Waals surface area contributed by atoms with Gasteiger partial charge in [-0.25, -0.2) is 9.37 Å². The summed E-state index contributed by atoms with van der Waals surface area (Å²) in [5.41, 5.74) is 1.72. The maximum absolute atomic E-state index is 13.2. The molecule has 0 fully saturated rings. The zero-order valence-corrected chi connectivity index (χ0v) is 13.6. The SMILES string of the molecule is Cc1ccsc1C(=O)N[C@@H](c1ccc(F)cc1)c1nccn1C.